The van der Waals surface area contributed by atoms with Gasteiger partial charge in [-0.05, 0) is 77.8 Å². The molecule has 0 bridgehead atoms. The average Bonchev–Trinajstić information content (AvgIpc) is 3.01. The number of hydrogen-bond acceptors (Lipinski definition) is 7. The molecule has 236 valence electrons. The van der Waals surface area contributed by atoms with Crippen molar-refractivity contribution in [1.29, 1.82) is 0 Å². The molecular formula is C35H46N4O5. The van der Waals surface area contributed by atoms with Crippen molar-refractivity contribution in [3.8, 4) is 11.5 Å². The third-order valence-electron chi connectivity index (χ3n) is 8.36. The van der Waals surface area contributed by atoms with Crippen molar-refractivity contribution >= 4 is 29.0 Å². The Morgan fingerprint density at radius 3 is 2.18 bits per heavy atom. The van der Waals surface area contributed by atoms with Gasteiger partial charge in [-0.1, -0.05) is 52.0 Å². The maximum absolute atomic E-state index is 14.2. The number of nitrogens with one attached hydrogen (secondary N) is 2. The molecule has 3 amide bonds. The van der Waals surface area contributed by atoms with E-state index in [1.165, 1.54) is 0 Å². The fraction of sp³-hybridized carbons (Fsp3) is 0.429. The summed E-state index contributed by atoms with van der Waals surface area (Å²) in [7, 11) is 3.25. The second-order valence-corrected chi connectivity index (χ2v) is 11.9. The van der Waals surface area contributed by atoms with Crippen LogP contribution in [-0.4, -0.2) is 52.5 Å². The molecule has 9 heteroatoms. The van der Waals surface area contributed by atoms with E-state index in [0.29, 0.717) is 56.3 Å². The van der Waals surface area contributed by atoms with Crippen LogP contribution in [0.25, 0.3) is 0 Å². The van der Waals surface area contributed by atoms with E-state index in [0.717, 1.165) is 28.1 Å². The second-order valence-electron chi connectivity index (χ2n) is 11.9. The number of ether oxygens (including phenoxy) is 3. The van der Waals surface area contributed by atoms with Crippen LogP contribution in [-0.2, 0) is 14.9 Å². The Kier molecular flexibility index (Phi) is 10.8. The van der Waals surface area contributed by atoms with Crippen LogP contribution >= 0.6 is 0 Å². The Morgan fingerprint density at radius 1 is 0.909 bits per heavy atom. The maximum Gasteiger partial charge on any atom is 0.325 e. The Hall–Kier alpha value is -4.24. The fourth-order valence-corrected chi connectivity index (χ4v) is 5.91. The molecule has 0 spiro atoms. The molecule has 1 saturated heterocycles. The molecule has 0 saturated carbocycles. The molecule has 3 aromatic carbocycles. The van der Waals surface area contributed by atoms with E-state index in [2.05, 4.69) is 43.2 Å². The first-order chi connectivity index (χ1) is 21.1. The van der Waals surface area contributed by atoms with E-state index in [-0.39, 0.29) is 17.7 Å². The monoisotopic (exact) mass is 602 g/mol. The number of imide groups is 1. The highest BCUT2D eigenvalue weighted by Crippen LogP contribution is 2.41. The zero-order chi connectivity index (χ0) is 31.9. The summed E-state index contributed by atoms with van der Waals surface area (Å²) in [6.45, 7) is 10.3. The lowest BCUT2D eigenvalue weighted by Gasteiger charge is -2.42. The number of rotatable bonds is 11. The molecule has 1 fully saturated rings. The summed E-state index contributed by atoms with van der Waals surface area (Å²) >= 11 is 0. The molecule has 1 heterocycles. The van der Waals surface area contributed by atoms with Crippen LogP contribution in [0.2, 0.25) is 0 Å². The number of para-hydroxylation sites is 2. The Bertz CT molecular complexity index is 1420. The number of nitrogens with two attached hydrogens (primary N) is 1. The van der Waals surface area contributed by atoms with Crippen molar-refractivity contribution in [3.05, 3.63) is 77.4 Å². The number of nitrogens with zero attached hydrogens (tertiary/aromatic N) is 1. The van der Waals surface area contributed by atoms with Crippen LogP contribution in [0.1, 0.15) is 69.1 Å². The molecule has 1 aliphatic heterocycles. The van der Waals surface area contributed by atoms with Gasteiger partial charge in [0.2, 0.25) is 5.91 Å². The van der Waals surface area contributed by atoms with Crippen LogP contribution in [0.15, 0.2) is 60.7 Å². The van der Waals surface area contributed by atoms with Crippen LogP contribution in [0.3, 0.4) is 0 Å². The zero-order valence-electron chi connectivity index (χ0n) is 26.7. The Balaban J connectivity index is 1.61. The minimum atomic E-state index is -0.947. The van der Waals surface area contributed by atoms with E-state index in [1.54, 1.807) is 14.2 Å². The molecule has 0 unspecified atom stereocenters. The van der Waals surface area contributed by atoms with Crippen LogP contribution < -0.4 is 30.7 Å². The highest BCUT2D eigenvalue weighted by atomic mass is 16.5. The van der Waals surface area contributed by atoms with E-state index in [1.807, 2.05) is 60.7 Å². The standard InChI is InChI=1S/C35H46N4O5/c1-23(2)28-21-26(36)22-29(24(3)4)32(28)37-34(41)38-33(40)35(25-10-9-11-27(20-25)43-6)14-16-39(17-15-35)30-12-7-8-13-31(30)44-19-18-42-5/h7-13,20-24H,14-19,36H2,1-6H3,(H2,37,38,40,41). The summed E-state index contributed by atoms with van der Waals surface area (Å²) in [6.07, 6.45) is 0.976. The second kappa shape index (κ2) is 14.5. The Labute approximate surface area is 261 Å². The van der Waals surface area contributed by atoms with Gasteiger partial charge < -0.3 is 30.2 Å². The predicted octanol–water partition coefficient (Wildman–Crippen LogP) is 6.44. The van der Waals surface area contributed by atoms with E-state index in [9.17, 15) is 9.59 Å². The molecule has 4 rings (SSSR count). The molecule has 4 N–H and O–H groups in total. The molecule has 0 atom stereocenters. The lowest BCUT2D eigenvalue weighted by Crippen LogP contribution is -2.53. The van der Waals surface area contributed by atoms with Gasteiger partial charge in [0.05, 0.1) is 24.8 Å². The van der Waals surface area contributed by atoms with Gasteiger partial charge in [-0.2, -0.15) is 0 Å². The molecule has 44 heavy (non-hydrogen) atoms. The van der Waals surface area contributed by atoms with Gasteiger partial charge in [-0.15, -0.1) is 0 Å². The number of methoxy groups -OCH3 is 2. The van der Waals surface area contributed by atoms with Crippen LogP contribution in [0.4, 0.5) is 21.9 Å². The van der Waals surface area contributed by atoms with Gasteiger partial charge in [0, 0.05) is 31.6 Å². The highest BCUT2D eigenvalue weighted by Gasteiger charge is 2.44. The van der Waals surface area contributed by atoms with Crippen molar-refractivity contribution in [1.82, 2.24) is 5.32 Å². The quantitative estimate of drug-likeness (QED) is 0.171. The lowest BCUT2D eigenvalue weighted by molar-refractivity contribution is -0.126. The van der Waals surface area contributed by atoms with Crippen molar-refractivity contribution in [3.63, 3.8) is 0 Å². The zero-order valence-corrected chi connectivity index (χ0v) is 26.7. The summed E-state index contributed by atoms with van der Waals surface area (Å²) < 4.78 is 16.6. The summed E-state index contributed by atoms with van der Waals surface area (Å²) in [5, 5.41) is 5.71. The van der Waals surface area contributed by atoms with Gasteiger partial charge in [0.15, 0.2) is 0 Å². The number of carbonyl (C=O) groups excluding carboxylic acids is 2. The largest absolute Gasteiger partial charge is 0.497 e. The predicted molar refractivity (Wildman–Crippen MR) is 176 cm³/mol. The third-order valence-corrected chi connectivity index (χ3v) is 8.36. The topological polar surface area (TPSA) is 115 Å². The van der Waals surface area contributed by atoms with Crippen LogP contribution in [0.5, 0.6) is 11.5 Å². The summed E-state index contributed by atoms with van der Waals surface area (Å²) in [6, 6.07) is 18.7. The highest BCUT2D eigenvalue weighted by molar-refractivity contribution is 6.05. The SMILES string of the molecule is COCCOc1ccccc1N1CCC(C(=O)NC(=O)Nc2c(C(C)C)cc(N)cc2C(C)C)(c2cccc(OC)c2)CC1. The molecule has 0 radical (unpaired) electrons. The van der Waals surface area contributed by atoms with Gasteiger partial charge >= 0.3 is 6.03 Å². The number of amides is 3. The van der Waals surface area contributed by atoms with Crippen LogP contribution in [0, 0.1) is 0 Å². The minimum absolute atomic E-state index is 0.121. The number of urea groups is 1. The number of piperidine rings is 1. The number of carbonyl (C=O) groups is 2. The van der Waals surface area contributed by atoms with Crippen molar-refractivity contribution in [2.45, 2.75) is 57.8 Å². The van der Waals surface area contributed by atoms with Gasteiger partial charge in [0.25, 0.3) is 0 Å². The maximum atomic E-state index is 14.2. The van der Waals surface area contributed by atoms with Gasteiger partial charge in [0.1, 0.15) is 18.1 Å². The molecule has 3 aromatic rings. The Morgan fingerprint density at radius 2 is 1.57 bits per heavy atom. The smallest absolute Gasteiger partial charge is 0.325 e. The third kappa shape index (κ3) is 7.27. The summed E-state index contributed by atoms with van der Waals surface area (Å²) in [5.74, 6) is 1.32. The van der Waals surface area contributed by atoms with Crippen molar-refractivity contribution in [2.24, 2.45) is 0 Å². The first-order valence-electron chi connectivity index (χ1n) is 15.3. The van der Waals surface area contributed by atoms with Gasteiger partial charge in [-0.25, -0.2) is 4.79 Å². The van der Waals surface area contributed by atoms with Crippen molar-refractivity contribution < 1.29 is 23.8 Å². The number of nitrogen functional groups attached to an aromatic ring is 1. The number of anilines is 3. The minimum Gasteiger partial charge on any atom is -0.497 e. The molecular weight excluding hydrogens is 556 g/mol. The summed E-state index contributed by atoms with van der Waals surface area (Å²) in [5.41, 5.74) is 10.2. The van der Waals surface area contributed by atoms with Crippen molar-refractivity contribution in [2.75, 3.05) is 56.5 Å². The number of benzene rings is 3. The average molecular weight is 603 g/mol. The molecule has 0 aliphatic carbocycles. The van der Waals surface area contributed by atoms with E-state index in [4.69, 9.17) is 19.9 Å². The van der Waals surface area contributed by atoms with Gasteiger partial charge in [-0.3, -0.25) is 10.1 Å². The normalized spacial score (nSPS) is 14.4. The first kappa shape index (κ1) is 32.7. The number of hydrogen-bond donors (Lipinski definition) is 3. The molecule has 9 nitrogen and oxygen atoms in total. The first-order valence-corrected chi connectivity index (χ1v) is 15.3. The molecule has 0 aromatic heterocycles. The fourth-order valence-electron chi connectivity index (χ4n) is 5.91. The van der Waals surface area contributed by atoms with E-state index < -0.39 is 11.4 Å². The lowest BCUT2D eigenvalue weighted by atomic mass is 9.71. The summed E-state index contributed by atoms with van der Waals surface area (Å²) in [4.78, 5) is 30.0. The molecule has 1 aliphatic rings. The van der Waals surface area contributed by atoms with E-state index >= 15 is 0 Å².